The van der Waals surface area contributed by atoms with Crippen molar-refractivity contribution >= 4 is 5.91 Å². The second kappa shape index (κ2) is 9.56. The molecule has 1 amide bonds. The number of amides is 1. The molecule has 0 unspecified atom stereocenters. The Morgan fingerprint density at radius 2 is 1.59 bits per heavy atom. The van der Waals surface area contributed by atoms with Crippen LogP contribution in [0.1, 0.15) is 36.0 Å². The molecule has 0 saturated carbocycles. The Morgan fingerprint density at radius 3 is 2.22 bits per heavy atom. The van der Waals surface area contributed by atoms with Crippen molar-refractivity contribution in [3.8, 4) is 5.75 Å². The van der Waals surface area contributed by atoms with Crippen LogP contribution in [0, 0.1) is 5.92 Å². The van der Waals surface area contributed by atoms with Crippen molar-refractivity contribution in [2.45, 2.75) is 38.6 Å². The Balaban J connectivity index is 1.42. The normalized spacial score (nSPS) is 15.6. The van der Waals surface area contributed by atoms with Crippen molar-refractivity contribution in [3.05, 3.63) is 65.2 Å². The number of phenolic OH excluding ortho intramolecular Hbond substituents is 1. The van der Waals surface area contributed by atoms with E-state index in [9.17, 15) is 9.90 Å². The van der Waals surface area contributed by atoms with Gasteiger partial charge in [-0.1, -0.05) is 36.4 Å². The molecule has 0 spiro atoms. The standard InChI is InChI=1S/C23H30N2O2/c1-24-23(27)11-8-18-2-4-19(5-3-18)16-20-12-14-25(15-13-20)17-21-6-9-22(26)10-7-21/h2-7,9-10,20,26H,8,11-17H2,1H3,(H,24,27). The summed E-state index contributed by atoms with van der Waals surface area (Å²) in [5.41, 5.74) is 3.89. The lowest BCUT2D eigenvalue weighted by Crippen LogP contribution is -2.33. The Kier molecular flexibility index (Phi) is 6.88. The van der Waals surface area contributed by atoms with Gasteiger partial charge in [0.15, 0.2) is 0 Å². The number of carbonyl (C=O) groups is 1. The second-order valence-electron chi connectivity index (χ2n) is 7.58. The van der Waals surface area contributed by atoms with Crippen LogP contribution in [0.25, 0.3) is 0 Å². The number of hydrogen-bond acceptors (Lipinski definition) is 3. The van der Waals surface area contributed by atoms with E-state index in [4.69, 9.17) is 0 Å². The van der Waals surface area contributed by atoms with E-state index in [1.165, 1.54) is 29.5 Å². The van der Waals surface area contributed by atoms with Crippen LogP contribution in [0.5, 0.6) is 5.75 Å². The van der Waals surface area contributed by atoms with Gasteiger partial charge in [-0.25, -0.2) is 0 Å². The summed E-state index contributed by atoms with van der Waals surface area (Å²) in [6.07, 6.45) is 4.96. The predicted molar refractivity (Wildman–Crippen MR) is 109 cm³/mol. The highest BCUT2D eigenvalue weighted by atomic mass is 16.3. The lowest BCUT2D eigenvalue weighted by molar-refractivity contribution is -0.120. The predicted octanol–water partition coefficient (Wildman–Crippen LogP) is 3.53. The Labute approximate surface area is 162 Å². The van der Waals surface area contributed by atoms with E-state index in [1.807, 2.05) is 12.1 Å². The largest absolute Gasteiger partial charge is 0.508 e. The number of piperidine rings is 1. The number of hydrogen-bond donors (Lipinski definition) is 2. The summed E-state index contributed by atoms with van der Waals surface area (Å²) in [4.78, 5) is 13.9. The molecule has 27 heavy (non-hydrogen) atoms. The van der Waals surface area contributed by atoms with Crippen LogP contribution in [-0.4, -0.2) is 36.1 Å². The molecule has 3 rings (SSSR count). The zero-order valence-electron chi connectivity index (χ0n) is 16.2. The molecule has 0 bridgehead atoms. The molecule has 2 aromatic carbocycles. The minimum atomic E-state index is 0.0955. The molecule has 0 aromatic heterocycles. The van der Waals surface area contributed by atoms with Gasteiger partial charge in [-0.2, -0.15) is 0 Å². The molecule has 2 N–H and O–H groups in total. The highest BCUT2D eigenvalue weighted by Gasteiger charge is 2.19. The monoisotopic (exact) mass is 366 g/mol. The zero-order chi connectivity index (χ0) is 19.1. The van der Waals surface area contributed by atoms with Crippen LogP contribution in [0.15, 0.2) is 48.5 Å². The van der Waals surface area contributed by atoms with Crippen LogP contribution in [0.3, 0.4) is 0 Å². The van der Waals surface area contributed by atoms with Gasteiger partial charge in [-0.05, 0) is 73.5 Å². The molecule has 0 atom stereocenters. The molecule has 1 aliphatic heterocycles. The number of likely N-dealkylation sites (tertiary alicyclic amines) is 1. The van der Waals surface area contributed by atoms with Gasteiger partial charge in [0.1, 0.15) is 5.75 Å². The average Bonchev–Trinajstić information content (AvgIpc) is 2.70. The number of rotatable bonds is 7. The molecule has 1 fully saturated rings. The third-order valence-corrected chi connectivity index (χ3v) is 5.52. The molecule has 1 aliphatic rings. The fraction of sp³-hybridized carbons (Fsp3) is 0.435. The van der Waals surface area contributed by atoms with E-state index in [2.05, 4.69) is 34.5 Å². The third-order valence-electron chi connectivity index (χ3n) is 5.52. The van der Waals surface area contributed by atoms with Crippen LogP contribution in [-0.2, 0) is 24.2 Å². The fourth-order valence-electron chi connectivity index (χ4n) is 3.77. The molecule has 1 heterocycles. The Morgan fingerprint density at radius 1 is 1.00 bits per heavy atom. The molecular weight excluding hydrogens is 336 g/mol. The van der Waals surface area contributed by atoms with E-state index in [1.54, 1.807) is 19.2 Å². The first kappa shape index (κ1) is 19.4. The first-order valence-electron chi connectivity index (χ1n) is 9.91. The van der Waals surface area contributed by atoms with E-state index >= 15 is 0 Å². The maximum atomic E-state index is 11.3. The minimum Gasteiger partial charge on any atom is -0.508 e. The number of nitrogens with one attached hydrogen (secondary N) is 1. The van der Waals surface area contributed by atoms with Gasteiger partial charge in [0.25, 0.3) is 0 Å². The van der Waals surface area contributed by atoms with Gasteiger partial charge < -0.3 is 10.4 Å². The lowest BCUT2D eigenvalue weighted by Gasteiger charge is -2.32. The van der Waals surface area contributed by atoms with Crippen LogP contribution < -0.4 is 5.32 Å². The smallest absolute Gasteiger partial charge is 0.220 e. The number of nitrogens with zero attached hydrogens (tertiary/aromatic N) is 1. The van der Waals surface area contributed by atoms with Crippen LogP contribution >= 0.6 is 0 Å². The van der Waals surface area contributed by atoms with Crippen LogP contribution in [0.4, 0.5) is 0 Å². The van der Waals surface area contributed by atoms with E-state index < -0.39 is 0 Å². The van der Waals surface area contributed by atoms with Gasteiger partial charge in [0.2, 0.25) is 5.91 Å². The second-order valence-corrected chi connectivity index (χ2v) is 7.58. The summed E-state index contributed by atoms with van der Waals surface area (Å²) >= 11 is 0. The van der Waals surface area contributed by atoms with Crippen LogP contribution in [0.2, 0.25) is 0 Å². The highest BCUT2D eigenvalue weighted by Crippen LogP contribution is 2.23. The molecule has 0 aliphatic carbocycles. The summed E-state index contributed by atoms with van der Waals surface area (Å²) in [7, 11) is 1.68. The van der Waals surface area contributed by atoms with Gasteiger partial charge in [0.05, 0.1) is 0 Å². The summed E-state index contributed by atoms with van der Waals surface area (Å²) in [5.74, 6) is 1.17. The molecule has 1 saturated heterocycles. The summed E-state index contributed by atoms with van der Waals surface area (Å²) in [6, 6.07) is 16.3. The summed E-state index contributed by atoms with van der Waals surface area (Å²) in [6.45, 7) is 3.23. The fourth-order valence-corrected chi connectivity index (χ4v) is 3.77. The molecule has 144 valence electrons. The molecular formula is C23H30N2O2. The zero-order valence-corrected chi connectivity index (χ0v) is 16.2. The molecule has 4 heteroatoms. The number of aromatic hydroxyl groups is 1. The molecule has 0 radical (unpaired) electrons. The van der Waals surface area contributed by atoms with Gasteiger partial charge in [0, 0.05) is 20.0 Å². The minimum absolute atomic E-state index is 0.0955. The van der Waals surface area contributed by atoms with Crippen molar-refractivity contribution in [2.24, 2.45) is 5.92 Å². The average molecular weight is 367 g/mol. The van der Waals surface area contributed by atoms with Crippen molar-refractivity contribution in [1.29, 1.82) is 0 Å². The third kappa shape index (κ3) is 6.10. The van der Waals surface area contributed by atoms with E-state index in [-0.39, 0.29) is 5.91 Å². The molecule has 4 nitrogen and oxygen atoms in total. The SMILES string of the molecule is CNC(=O)CCc1ccc(CC2CCN(Cc3ccc(O)cc3)CC2)cc1. The van der Waals surface area contributed by atoms with Crippen molar-refractivity contribution in [3.63, 3.8) is 0 Å². The maximum absolute atomic E-state index is 11.3. The number of carbonyl (C=O) groups excluding carboxylic acids is 1. The van der Waals surface area contributed by atoms with Crippen molar-refractivity contribution in [1.82, 2.24) is 10.2 Å². The number of benzene rings is 2. The lowest BCUT2D eigenvalue weighted by atomic mass is 9.89. The first-order chi connectivity index (χ1) is 13.1. The topological polar surface area (TPSA) is 52.6 Å². The summed E-state index contributed by atoms with van der Waals surface area (Å²) in [5, 5.41) is 12.1. The molecule has 2 aromatic rings. The van der Waals surface area contributed by atoms with Gasteiger partial charge in [-0.15, -0.1) is 0 Å². The summed E-state index contributed by atoms with van der Waals surface area (Å²) < 4.78 is 0. The highest BCUT2D eigenvalue weighted by molar-refractivity contribution is 5.75. The van der Waals surface area contributed by atoms with Gasteiger partial charge in [-0.3, -0.25) is 9.69 Å². The number of aryl methyl sites for hydroxylation is 1. The van der Waals surface area contributed by atoms with E-state index in [0.717, 1.165) is 38.4 Å². The quantitative estimate of drug-likeness (QED) is 0.788. The first-order valence-corrected chi connectivity index (χ1v) is 9.91. The van der Waals surface area contributed by atoms with Gasteiger partial charge >= 0.3 is 0 Å². The Hall–Kier alpha value is -2.33. The van der Waals surface area contributed by atoms with Crippen molar-refractivity contribution < 1.29 is 9.90 Å². The van der Waals surface area contributed by atoms with Crippen molar-refractivity contribution in [2.75, 3.05) is 20.1 Å². The maximum Gasteiger partial charge on any atom is 0.220 e. The van der Waals surface area contributed by atoms with E-state index in [0.29, 0.717) is 12.2 Å². The Bertz CT molecular complexity index is 717. The number of phenols is 1.